The van der Waals surface area contributed by atoms with Crippen LogP contribution in [0.15, 0.2) is 22.7 Å². The molecule has 4 heteroatoms. The number of hydrogen-bond donors (Lipinski definition) is 2. The fraction of sp³-hybridized carbons (Fsp3) is 0.538. The van der Waals surface area contributed by atoms with Crippen molar-refractivity contribution in [3.8, 4) is 0 Å². The largest absolute Gasteiger partial charge is 0.313 e. The maximum Gasteiger partial charge on any atom is 0.0451 e. The third kappa shape index (κ3) is 5.87. The third-order valence-corrected chi connectivity index (χ3v) is 3.34. The van der Waals surface area contributed by atoms with E-state index in [9.17, 15) is 0 Å². The first-order valence-corrected chi connectivity index (χ1v) is 7.07. The van der Waals surface area contributed by atoms with Crippen LogP contribution in [-0.4, -0.2) is 18.6 Å². The van der Waals surface area contributed by atoms with Crippen molar-refractivity contribution in [2.24, 2.45) is 0 Å². The van der Waals surface area contributed by atoms with E-state index in [0.29, 0.717) is 12.1 Å². The van der Waals surface area contributed by atoms with Crippen molar-refractivity contribution in [1.82, 2.24) is 10.6 Å². The summed E-state index contributed by atoms with van der Waals surface area (Å²) in [6.07, 6.45) is 0. The molecule has 0 aliphatic rings. The van der Waals surface area contributed by atoms with Crippen LogP contribution >= 0.6 is 27.5 Å². The van der Waals surface area contributed by atoms with Crippen LogP contribution in [0.5, 0.6) is 0 Å². The fourth-order valence-electron chi connectivity index (χ4n) is 1.45. The predicted molar refractivity (Wildman–Crippen MR) is 78.6 cm³/mol. The van der Waals surface area contributed by atoms with Gasteiger partial charge in [-0.3, -0.25) is 0 Å². The van der Waals surface area contributed by atoms with Gasteiger partial charge in [-0.15, -0.1) is 0 Å². The minimum absolute atomic E-state index is 0.424. The summed E-state index contributed by atoms with van der Waals surface area (Å²) in [5, 5.41) is 7.67. The van der Waals surface area contributed by atoms with Gasteiger partial charge in [0.2, 0.25) is 0 Å². The Balaban J connectivity index is 2.41. The number of benzene rings is 1. The van der Waals surface area contributed by atoms with E-state index in [1.165, 1.54) is 0 Å². The molecular weight excluding hydrogens is 300 g/mol. The van der Waals surface area contributed by atoms with E-state index in [2.05, 4.69) is 53.4 Å². The fourth-order valence-corrected chi connectivity index (χ4v) is 2.04. The van der Waals surface area contributed by atoms with Gasteiger partial charge in [0.1, 0.15) is 0 Å². The van der Waals surface area contributed by atoms with Crippen LogP contribution < -0.4 is 10.6 Å². The molecule has 0 fully saturated rings. The first-order valence-electron chi connectivity index (χ1n) is 5.89. The average molecular weight is 320 g/mol. The van der Waals surface area contributed by atoms with Gasteiger partial charge >= 0.3 is 0 Å². The maximum atomic E-state index is 6.13. The van der Waals surface area contributed by atoms with E-state index in [0.717, 1.165) is 28.1 Å². The second kappa shape index (κ2) is 7.37. The SMILES string of the molecule is CC(C)NCC(C)NCc1cc(Br)ccc1Cl. The zero-order chi connectivity index (χ0) is 12.8. The van der Waals surface area contributed by atoms with Gasteiger partial charge < -0.3 is 10.6 Å². The lowest BCUT2D eigenvalue weighted by atomic mass is 10.2. The van der Waals surface area contributed by atoms with Crippen molar-refractivity contribution in [1.29, 1.82) is 0 Å². The Bertz CT molecular complexity index is 355. The highest BCUT2D eigenvalue weighted by Crippen LogP contribution is 2.20. The zero-order valence-electron chi connectivity index (χ0n) is 10.6. The van der Waals surface area contributed by atoms with Gasteiger partial charge in [-0.25, -0.2) is 0 Å². The molecule has 2 N–H and O–H groups in total. The van der Waals surface area contributed by atoms with E-state index < -0.39 is 0 Å². The van der Waals surface area contributed by atoms with E-state index in [1.807, 2.05) is 12.1 Å². The summed E-state index contributed by atoms with van der Waals surface area (Å²) in [5.74, 6) is 0. The lowest BCUT2D eigenvalue weighted by Gasteiger charge is -2.17. The molecule has 1 aromatic carbocycles. The van der Waals surface area contributed by atoms with Crippen LogP contribution in [0, 0.1) is 0 Å². The molecule has 0 heterocycles. The van der Waals surface area contributed by atoms with Crippen LogP contribution in [0.25, 0.3) is 0 Å². The molecule has 0 amide bonds. The molecule has 0 bridgehead atoms. The van der Waals surface area contributed by atoms with Crippen LogP contribution in [0.4, 0.5) is 0 Å². The van der Waals surface area contributed by atoms with Crippen LogP contribution in [0.1, 0.15) is 26.3 Å². The lowest BCUT2D eigenvalue weighted by Crippen LogP contribution is -2.38. The molecule has 1 atom stereocenters. The Kier molecular flexibility index (Phi) is 6.49. The highest BCUT2D eigenvalue weighted by molar-refractivity contribution is 9.10. The Hall–Kier alpha value is -0.0900. The topological polar surface area (TPSA) is 24.1 Å². The summed E-state index contributed by atoms with van der Waals surface area (Å²) >= 11 is 9.59. The maximum absolute atomic E-state index is 6.13. The van der Waals surface area contributed by atoms with Gasteiger partial charge in [-0.1, -0.05) is 41.4 Å². The molecule has 96 valence electrons. The summed E-state index contributed by atoms with van der Waals surface area (Å²) in [5.41, 5.74) is 1.12. The van der Waals surface area contributed by atoms with Gasteiger partial charge in [0.15, 0.2) is 0 Å². The first-order chi connectivity index (χ1) is 7.99. The van der Waals surface area contributed by atoms with Gasteiger partial charge in [0, 0.05) is 34.7 Å². The van der Waals surface area contributed by atoms with Crippen molar-refractivity contribution in [3.05, 3.63) is 33.3 Å². The highest BCUT2D eigenvalue weighted by atomic mass is 79.9. The van der Waals surface area contributed by atoms with Crippen LogP contribution in [0.2, 0.25) is 5.02 Å². The summed E-state index contributed by atoms with van der Waals surface area (Å²) in [7, 11) is 0. The first kappa shape index (κ1) is 15.0. The van der Waals surface area contributed by atoms with E-state index >= 15 is 0 Å². The standard InChI is InChI=1S/C13H20BrClN2/c1-9(2)16-7-10(3)17-8-11-6-12(14)4-5-13(11)15/h4-6,9-10,16-17H,7-8H2,1-3H3. The van der Waals surface area contributed by atoms with Gasteiger partial charge in [-0.05, 0) is 30.7 Å². The molecule has 0 radical (unpaired) electrons. The number of hydrogen-bond acceptors (Lipinski definition) is 2. The van der Waals surface area contributed by atoms with E-state index in [4.69, 9.17) is 11.6 Å². The van der Waals surface area contributed by atoms with Gasteiger partial charge in [-0.2, -0.15) is 0 Å². The van der Waals surface area contributed by atoms with Crippen molar-refractivity contribution in [3.63, 3.8) is 0 Å². The molecule has 1 rings (SSSR count). The minimum atomic E-state index is 0.424. The Morgan fingerprint density at radius 3 is 2.59 bits per heavy atom. The zero-order valence-corrected chi connectivity index (χ0v) is 12.9. The molecule has 0 saturated carbocycles. The normalized spacial score (nSPS) is 13.1. The molecule has 0 aliphatic carbocycles. The van der Waals surface area contributed by atoms with Gasteiger partial charge in [0.25, 0.3) is 0 Å². The van der Waals surface area contributed by atoms with Crippen LogP contribution in [0.3, 0.4) is 0 Å². The molecule has 0 saturated heterocycles. The lowest BCUT2D eigenvalue weighted by molar-refractivity contribution is 0.474. The van der Waals surface area contributed by atoms with Crippen molar-refractivity contribution < 1.29 is 0 Å². The molecule has 0 spiro atoms. The second-order valence-corrected chi connectivity index (χ2v) is 5.90. The van der Waals surface area contributed by atoms with Crippen LogP contribution in [-0.2, 0) is 6.54 Å². The van der Waals surface area contributed by atoms with Crippen molar-refractivity contribution in [2.75, 3.05) is 6.54 Å². The Morgan fingerprint density at radius 1 is 1.24 bits per heavy atom. The quantitative estimate of drug-likeness (QED) is 0.837. The van der Waals surface area contributed by atoms with E-state index in [1.54, 1.807) is 0 Å². The number of halogens is 2. The van der Waals surface area contributed by atoms with E-state index in [-0.39, 0.29) is 0 Å². The second-order valence-electron chi connectivity index (χ2n) is 4.58. The molecule has 2 nitrogen and oxygen atoms in total. The number of nitrogens with one attached hydrogen (secondary N) is 2. The summed E-state index contributed by atoms with van der Waals surface area (Å²) < 4.78 is 1.06. The number of rotatable bonds is 6. The Morgan fingerprint density at radius 2 is 1.94 bits per heavy atom. The summed E-state index contributed by atoms with van der Waals surface area (Å²) in [4.78, 5) is 0. The molecular formula is C13H20BrClN2. The molecule has 1 aromatic rings. The molecule has 17 heavy (non-hydrogen) atoms. The molecule has 0 aromatic heterocycles. The molecule has 1 unspecified atom stereocenters. The molecule has 0 aliphatic heterocycles. The summed E-state index contributed by atoms with van der Waals surface area (Å²) in [6, 6.07) is 6.87. The third-order valence-electron chi connectivity index (χ3n) is 2.48. The summed E-state index contributed by atoms with van der Waals surface area (Å²) in [6.45, 7) is 8.22. The van der Waals surface area contributed by atoms with Crippen molar-refractivity contribution in [2.45, 2.75) is 39.4 Å². The van der Waals surface area contributed by atoms with Crippen molar-refractivity contribution >= 4 is 27.5 Å². The smallest absolute Gasteiger partial charge is 0.0451 e. The highest BCUT2D eigenvalue weighted by Gasteiger charge is 2.05. The van der Waals surface area contributed by atoms with Gasteiger partial charge in [0.05, 0.1) is 0 Å². The monoisotopic (exact) mass is 318 g/mol. The minimum Gasteiger partial charge on any atom is -0.313 e. The predicted octanol–water partition coefficient (Wildman–Crippen LogP) is 3.58. The average Bonchev–Trinajstić information content (AvgIpc) is 2.27. The Labute approximate surface area is 117 Å².